The number of fused-ring (bicyclic) bond motifs is 1. The molecule has 0 saturated carbocycles. The van der Waals surface area contributed by atoms with E-state index in [0.29, 0.717) is 0 Å². The number of carbonyl (C=O) groups is 1. The lowest BCUT2D eigenvalue weighted by atomic mass is 9.95. The highest BCUT2D eigenvalue weighted by atomic mass is 16.4. The third kappa shape index (κ3) is 2.03. The Labute approximate surface area is 93.7 Å². The van der Waals surface area contributed by atoms with E-state index in [2.05, 4.69) is 4.98 Å². The van der Waals surface area contributed by atoms with Gasteiger partial charge in [0.25, 0.3) is 0 Å². The first kappa shape index (κ1) is 10.6. The average Bonchev–Trinajstić information content (AvgIpc) is 2.27. The van der Waals surface area contributed by atoms with Gasteiger partial charge in [0.15, 0.2) is 0 Å². The number of para-hydroxylation sites is 1. The number of aliphatic carboxylic acids is 1. The van der Waals surface area contributed by atoms with Crippen LogP contribution in [-0.2, 0) is 4.79 Å². The molecule has 0 spiro atoms. The Morgan fingerprint density at radius 3 is 2.88 bits per heavy atom. The van der Waals surface area contributed by atoms with Gasteiger partial charge in [0.1, 0.15) is 0 Å². The molecule has 1 N–H and O–H groups in total. The largest absolute Gasteiger partial charge is 0.481 e. The van der Waals surface area contributed by atoms with Crippen molar-refractivity contribution in [3.63, 3.8) is 0 Å². The summed E-state index contributed by atoms with van der Waals surface area (Å²) in [6, 6.07) is 9.69. The van der Waals surface area contributed by atoms with Crippen LogP contribution in [0.3, 0.4) is 0 Å². The van der Waals surface area contributed by atoms with Gasteiger partial charge in [-0.05, 0) is 23.6 Å². The standard InChI is InChI=1S/C13H13NO2/c1-9(8-13(15)16)10-6-7-14-12-5-3-2-4-11(10)12/h2-7,9H,8H2,1H3,(H,15,16). The summed E-state index contributed by atoms with van der Waals surface area (Å²) < 4.78 is 0. The lowest BCUT2D eigenvalue weighted by Crippen LogP contribution is -2.03. The third-order valence-corrected chi connectivity index (χ3v) is 2.69. The predicted molar refractivity (Wildman–Crippen MR) is 62.4 cm³/mol. The molecule has 1 aromatic carbocycles. The minimum Gasteiger partial charge on any atom is -0.481 e. The number of carboxylic acid groups (broad SMARTS) is 1. The molecule has 0 amide bonds. The van der Waals surface area contributed by atoms with Gasteiger partial charge in [-0.1, -0.05) is 25.1 Å². The van der Waals surface area contributed by atoms with Crippen molar-refractivity contribution in [1.29, 1.82) is 0 Å². The number of nitrogens with zero attached hydrogens (tertiary/aromatic N) is 1. The summed E-state index contributed by atoms with van der Waals surface area (Å²) in [7, 11) is 0. The fraction of sp³-hybridized carbons (Fsp3) is 0.231. The van der Waals surface area contributed by atoms with E-state index in [1.807, 2.05) is 37.3 Å². The van der Waals surface area contributed by atoms with Crippen LogP contribution in [0.4, 0.5) is 0 Å². The van der Waals surface area contributed by atoms with Crippen LogP contribution in [0.1, 0.15) is 24.8 Å². The molecule has 2 aromatic rings. The molecule has 3 heteroatoms. The first-order valence-corrected chi connectivity index (χ1v) is 5.24. The van der Waals surface area contributed by atoms with Gasteiger partial charge in [-0.15, -0.1) is 0 Å². The lowest BCUT2D eigenvalue weighted by molar-refractivity contribution is -0.137. The second-order valence-corrected chi connectivity index (χ2v) is 3.92. The molecular formula is C13H13NO2. The van der Waals surface area contributed by atoms with Gasteiger partial charge in [-0.2, -0.15) is 0 Å². The zero-order valence-electron chi connectivity index (χ0n) is 9.05. The molecule has 1 heterocycles. The summed E-state index contributed by atoms with van der Waals surface area (Å²) in [4.78, 5) is 15.0. The Kier molecular flexibility index (Phi) is 2.86. The van der Waals surface area contributed by atoms with Gasteiger partial charge >= 0.3 is 5.97 Å². The number of hydrogen-bond acceptors (Lipinski definition) is 2. The van der Waals surface area contributed by atoms with Crippen LogP contribution < -0.4 is 0 Å². The highest BCUT2D eigenvalue weighted by Crippen LogP contribution is 2.26. The van der Waals surface area contributed by atoms with Crippen LogP contribution in [0.15, 0.2) is 36.5 Å². The maximum absolute atomic E-state index is 10.7. The van der Waals surface area contributed by atoms with Crippen molar-refractivity contribution >= 4 is 16.9 Å². The van der Waals surface area contributed by atoms with E-state index in [9.17, 15) is 4.79 Å². The van der Waals surface area contributed by atoms with Crippen LogP contribution in [0.2, 0.25) is 0 Å². The van der Waals surface area contributed by atoms with Gasteiger partial charge in [0, 0.05) is 11.6 Å². The molecule has 0 radical (unpaired) electrons. The maximum atomic E-state index is 10.7. The van der Waals surface area contributed by atoms with E-state index >= 15 is 0 Å². The number of hydrogen-bond donors (Lipinski definition) is 1. The topological polar surface area (TPSA) is 50.2 Å². The van der Waals surface area contributed by atoms with Crippen molar-refractivity contribution in [1.82, 2.24) is 4.98 Å². The van der Waals surface area contributed by atoms with Crippen LogP contribution in [0.25, 0.3) is 10.9 Å². The minimum atomic E-state index is -0.770. The second kappa shape index (κ2) is 4.31. The predicted octanol–water partition coefficient (Wildman–Crippen LogP) is 2.81. The number of rotatable bonds is 3. The van der Waals surface area contributed by atoms with Crippen LogP contribution in [-0.4, -0.2) is 16.1 Å². The molecule has 16 heavy (non-hydrogen) atoms. The first-order chi connectivity index (χ1) is 7.68. The molecule has 82 valence electrons. The SMILES string of the molecule is CC(CC(=O)O)c1ccnc2ccccc12. The maximum Gasteiger partial charge on any atom is 0.303 e. The molecule has 0 fully saturated rings. The monoisotopic (exact) mass is 215 g/mol. The van der Waals surface area contributed by atoms with Crippen LogP contribution >= 0.6 is 0 Å². The van der Waals surface area contributed by atoms with Crippen molar-refractivity contribution in [2.45, 2.75) is 19.3 Å². The molecule has 3 nitrogen and oxygen atoms in total. The zero-order valence-corrected chi connectivity index (χ0v) is 9.05. The quantitative estimate of drug-likeness (QED) is 0.856. The Balaban J connectivity index is 2.47. The molecule has 0 aliphatic carbocycles. The second-order valence-electron chi connectivity index (χ2n) is 3.92. The number of aromatic nitrogens is 1. The molecule has 1 aromatic heterocycles. The number of pyridine rings is 1. The van der Waals surface area contributed by atoms with E-state index in [1.54, 1.807) is 6.20 Å². The Morgan fingerprint density at radius 2 is 2.12 bits per heavy atom. The fourth-order valence-electron chi connectivity index (χ4n) is 1.92. The molecule has 0 bridgehead atoms. The van der Waals surface area contributed by atoms with Crippen molar-refractivity contribution < 1.29 is 9.90 Å². The van der Waals surface area contributed by atoms with E-state index in [-0.39, 0.29) is 12.3 Å². The van der Waals surface area contributed by atoms with Crippen molar-refractivity contribution in [2.75, 3.05) is 0 Å². The number of carboxylic acids is 1. The van der Waals surface area contributed by atoms with Crippen molar-refractivity contribution in [3.05, 3.63) is 42.1 Å². The Morgan fingerprint density at radius 1 is 1.38 bits per heavy atom. The van der Waals surface area contributed by atoms with Crippen LogP contribution in [0.5, 0.6) is 0 Å². The summed E-state index contributed by atoms with van der Waals surface area (Å²) in [6.45, 7) is 1.93. The van der Waals surface area contributed by atoms with Gasteiger partial charge in [0.2, 0.25) is 0 Å². The average molecular weight is 215 g/mol. The molecule has 1 unspecified atom stereocenters. The smallest absolute Gasteiger partial charge is 0.303 e. The normalized spacial score (nSPS) is 12.6. The molecule has 0 aliphatic rings. The van der Waals surface area contributed by atoms with E-state index in [1.165, 1.54) is 0 Å². The number of benzene rings is 1. The molecular weight excluding hydrogens is 202 g/mol. The molecule has 0 saturated heterocycles. The third-order valence-electron chi connectivity index (χ3n) is 2.69. The van der Waals surface area contributed by atoms with Gasteiger partial charge in [-0.3, -0.25) is 9.78 Å². The van der Waals surface area contributed by atoms with Gasteiger partial charge in [0.05, 0.1) is 11.9 Å². The highest BCUT2D eigenvalue weighted by molar-refractivity contribution is 5.83. The summed E-state index contributed by atoms with van der Waals surface area (Å²) in [5, 5.41) is 9.84. The minimum absolute atomic E-state index is 0.00500. The van der Waals surface area contributed by atoms with Crippen LogP contribution in [0, 0.1) is 0 Å². The molecule has 1 atom stereocenters. The Hall–Kier alpha value is -1.90. The van der Waals surface area contributed by atoms with Gasteiger partial charge in [-0.25, -0.2) is 0 Å². The molecule has 0 aliphatic heterocycles. The van der Waals surface area contributed by atoms with Crippen molar-refractivity contribution in [2.24, 2.45) is 0 Å². The Bertz CT molecular complexity index is 517. The fourth-order valence-corrected chi connectivity index (χ4v) is 1.92. The summed E-state index contributed by atoms with van der Waals surface area (Å²) >= 11 is 0. The van der Waals surface area contributed by atoms with E-state index in [4.69, 9.17) is 5.11 Å². The zero-order chi connectivity index (χ0) is 11.5. The summed E-state index contributed by atoms with van der Waals surface area (Å²) in [5.74, 6) is -0.765. The first-order valence-electron chi connectivity index (χ1n) is 5.24. The lowest BCUT2D eigenvalue weighted by Gasteiger charge is -2.11. The summed E-state index contributed by atoms with van der Waals surface area (Å²) in [5.41, 5.74) is 1.96. The van der Waals surface area contributed by atoms with Gasteiger partial charge < -0.3 is 5.11 Å². The molecule has 2 rings (SSSR count). The summed E-state index contributed by atoms with van der Waals surface area (Å²) in [6.07, 6.45) is 1.88. The highest BCUT2D eigenvalue weighted by Gasteiger charge is 2.12. The van der Waals surface area contributed by atoms with E-state index in [0.717, 1.165) is 16.5 Å². The van der Waals surface area contributed by atoms with E-state index < -0.39 is 5.97 Å². The van der Waals surface area contributed by atoms with Crippen molar-refractivity contribution in [3.8, 4) is 0 Å².